The molecule has 1 atom stereocenters. The SMILES string of the molecule is COc1cc(C(=O)O)nc(C(=O)N2CCCC2c2ccccc2F)c1. The molecule has 2 heterocycles. The highest BCUT2D eigenvalue weighted by molar-refractivity contribution is 5.95. The van der Waals surface area contributed by atoms with Crippen molar-refractivity contribution in [2.75, 3.05) is 13.7 Å². The van der Waals surface area contributed by atoms with Crippen LogP contribution in [0, 0.1) is 5.82 Å². The Hall–Kier alpha value is -2.96. The van der Waals surface area contributed by atoms with Gasteiger partial charge in [-0.1, -0.05) is 18.2 Å². The third-order valence-electron chi connectivity index (χ3n) is 4.25. The fourth-order valence-corrected chi connectivity index (χ4v) is 3.07. The van der Waals surface area contributed by atoms with Crippen molar-refractivity contribution in [3.8, 4) is 5.75 Å². The van der Waals surface area contributed by atoms with Gasteiger partial charge in [0.25, 0.3) is 5.91 Å². The minimum Gasteiger partial charge on any atom is -0.497 e. The number of hydrogen-bond acceptors (Lipinski definition) is 4. The van der Waals surface area contributed by atoms with Gasteiger partial charge in [-0.15, -0.1) is 0 Å². The van der Waals surface area contributed by atoms with E-state index in [1.165, 1.54) is 30.2 Å². The largest absolute Gasteiger partial charge is 0.497 e. The molecule has 0 aliphatic carbocycles. The summed E-state index contributed by atoms with van der Waals surface area (Å²) in [6.07, 6.45) is 1.38. The zero-order valence-electron chi connectivity index (χ0n) is 13.6. The number of rotatable bonds is 4. The van der Waals surface area contributed by atoms with Crippen LogP contribution in [0.4, 0.5) is 4.39 Å². The Kier molecular flexibility index (Phi) is 4.65. The van der Waals surface area contributed by atoms with Crippen LogP contribution in [-0.2, 0) is 0 Å². The van der Waals surface area contributed by atoms with Gasteiger partial charge in [-0.25, -0.2) is 14.2 Å². The van der Waals surface area contributed by atoms with Gasteiger partial charge in [-0.05, 0) is 18.9 Å². The summed E-state index contributed by atoms with van der Waals surface area (Å²) in [6.45, 7) is 0.457. The number of benzene rings is 1. The Morgan fingerprint density at radius 2 is 2.00 bits per heavy atom. The van der Waals surface area contributed by atoms with Crippen LogP contribution in [-0.4, -0.2) is 40.5 Å². The zero-order chi connectivity index (χ0) is 18.0. The molecule has 1 aliphatic rings. The molecule has 0 radical (unpaired) electrons. The van der Waals surface area contributed by atoms with Gasteiger partial charge >= 0.3 is 5.97 Å². The Morgan fingerprint density at radius 3 is 2.68 bits per heavy atom. The van der Waals surface area contributed by atoms with Crippen LogP contribution in [0.2, 0.25) is 0 Å². The molecule has 0 bridgehead atoms. The van der Waals surface area contributed by atoms with E-state index >= 15 is 0 Å². The minimum atomic E-state index is -1.25. The average Bonchev–Trinajstić information content (AvgIpc) is 3.10. The van der Waals surface area contributed by atoms with Gasteiger partial charge in [0.1, 0.15) is 17.3 Å². The molecule has 1 aliphatic heterocycles. The number of aromatic nitrogens is 1. The molecule has 1 saturated heterocycles. The van der Waals surface area contributed by atoms with Gasteiger partial charge in [0.15, 0.2) is 5.69 Å². The van der Waals surface area contributed by atoms with Crippen LogP contribution < -0.4 is 4.74 Å². The lowest BCUT2D eigenvalue weighted by Gasteiger charge is -2.25. The molecule has 1 aromatic carbocycles. The molecule has 2 aromatic rings. The van der Waals surface area contributed by atoms with Gasteiger partial charge in [-0.3, -0.25) is 4.79 Å². The number of pyridine rings is 1. The molecule has 25 heavy (non-hydrogen) atoms. The molecule has 1 N–H and O–H groups in total. The summed E-state index contributed by atoms with van der Waals surface area (Å²) in [4.78, 5) is 29.5. The van der Waals surface area contributed by atoms with Crippen LogP contribution in [0.15, 0.2) is 36.4 Å². The number of nitrogens with zero attached hydrogens (tertiary/aromatic N) is 2. The first-order valence-corrected chi connectivity index (χ1v) is 7.86. The van der Waals surface area contributed by atoms with Crippen LogP contribution in [0.5, 0.6) is 5.75 Å². The number of halogens is 1. The van der Waals surface area contributed by atoms with E-state index in [-0.39, 0.29) is 23.0 Å². The highest BCUT2D eigenvalue weighted by atomic mass is 19.1. The molecule has 1 amide bonds. The summed E-state index contributed by atoms with van der Waals surface area (Å²) in [6, 6.07) is 8.60. The van der Waals surface area contributed by atoms with E-state index in [0.29, 0.717) is 18.5 Å². The smallest absolute Gasteiger partial charge is 0.354 e. The fourth-order valence-electron chi connectivity index (χ4n) is 3.07. The maximum absolute atomic E-state index is 14.1. The highest BCUT2D eigenvalue weighted by Gasteiger charge is 2.33. The lowest BCUT2D eigenvalue weighted by Crippen LogP contribution is -2.32. The number of carboxylic acid groups (broad SMARTS) is 1. The molecular formula is C18H17FN2O4. The van der Waals surface area contributed by atoms with Crippen molar-refractivity contribution in [3.63, 3.8) is 0 Å². The lowest BCUT2D eigenvalue weighted by atomic mass is 10.0. The highest BCUT2D eigenvalue weighted by Crippen LogP contribution is 2.34. The van der Waals surface area contributed by atoms with Crippen molar-refractivity contribution < 1.29 is 23.8 Å². The van der Waals surface area contributed by atoms with Crippen molar-refractivity contribution in [1.82, 2.24) is 9.88 Å². The summed E-state index contributed by atoms with van der Waals surface area (Å²) < 4.78 is 19.2. The Bertz CT molecular complexity index is 824. The summed E-state index contributed by atoms with van der Waals surface area (Å²) in [5.41, 5.74) is 0.152. The third-order valence-corrected chi connectivity index (χ3v) is 4.25. The number of ether oxygens (including phenoxy) is 1. The number of aromatic carboxylic acids is 1. The van der Waals surface area contributed by atoms with E-state index in [1.807, 2.05) is 0 Å². The number of likely N-dealkylation sites (tertiary alicyclic amines) is 1. The molecular weight excluding hydrogens is 327 g/mol. The first-order valence-electron chi connectivity index (χ1n) is 7.86. The van der Waals surface area contributed by atoms with Crippen LogP contribution in [0.25, 0.3) is 0 Å². The normalized spacial score (nSPS) is 16.7. The predicted molar refractivity (Wildman–Crippen MR) is 87.2 cm³/mol. The molecule has 1 fully saturated rings. The zero-order valence-corrected chi connectivity index (χ0v) is 13.6. The summed E-state index contributed by atoms with van der Waals surface area (Å²) in [5.74, 6) is -1.82. The van der Waals surface area contributed by atoms with E-state index in [4.69, 9.17) is 9.84 Å². The Balaban J connectivity index is 1.96. The fraction of sp³-hybridized carbons (Fsp3) is 0.278. The maximum atomic E-state index is 14.1. The minimum absolute atomic E-state index is 0.0278. The van der Waals surface area contributed by atoms with Crippen LogP contribution in [0.3, 0.4) is 0 Å². The molecule has 7 heteroatoms. The Morgan fingerprint density at radius 1 is 1.28 bits per heavy atom. The van der Waals surface area contributed by atoms with Crippen molar-refractivity contribution in [1.29, 1.82) is 0 Å². The van der Waals surface area contributed by atoms with Crippen LogP contribution in [0.1, 0.15) is 45.4 Å². The predicted octanol–water partition coefficient (Wildman–Crippen LogP) is 2.90. The summed E-state index contributed by atoms with van der Waals surface area (Å²) in [7, 11) is 1.38. The molecule has 0 spiro atoms. The van der Waals surface area contributed by atoms with Crippen molar-refractivity contribution in [2.45, 2.75) is 18.9 Å². The quantitative estimate of drug-likeness (QED) is 0.922. The van der Waals surface area contributed by atoms with E-state index in [2.05, 4.69) is 4.98 Å². The van der Waals surface area contributed by atoms with Gasteiger partial charge in [0.05, 0.1) is 13.2 Å². The molecule has 1 unspecified atom stereocenters. The monoisotopic (exact) mass is 344 g/mol. The second-order valence-corrected chi connectivity index (χ2v) is 5.76. The van der Waals surface area contributed by atoms with Crippen molar-refractivity contribution >= 4 is 11.9 Å². The Labute approximate surface area is 143 Å². The van der Waals surface area contributed by atoms with E-state index in [0.717, 1.165) is 6.42 Å². The first kappa shape index (κ1) is 16.9. The van der Waals surface area contributed by atoms with Gasteiger partial charge in [0.2, 0.25) is 0 Å². The molecule has 1 aromatic heterocycles. The molecule has 130 valence electrons. The summed E-state index contributed by atoms with van der Waals surface area (Å²) in [5, 5.41) is 9.15. The van der Waals surface area contributed by atoms with Gasteiger partial charge < -0.3 is 14.7 Å². The average molecular weight is 344 g/mol. The number of carbonyl (C=O) groups is 2. The first-order chi connectivity index (χ1) is 12.0. The van der Waals surface area contributed by atoms with E-state index in [9.17, 15) is 14.0 Å². The van der Waals surface area contributed by atoms with E-state index in [1.54, 1.807) is 18.2 Å². The lowest BCUT2D eigenvalue weighted by molar-refractivity contribution is 0.0688. The van der Waals surface area contributed by atoms with Crippen LogP contribution >= 0.6 is 0 Å². The molecule has 0 saturated carbocycles. The summed E-state index contributed by atoms with van der Waals surface area (Å²) >= 11 is 0. The van der Waals surface area contributed by atoms with Crippen molar-refractivity contribution in [3.05, 3.63) is 59.2 Å². The van der Waals surface area contributed by atoms with Gasteiger partial charge in [-0.2, -0.15) is 0 Å². The standard InChI is InChI=1S/C18H17FN2O4/c1-25-11-9-14(20-15(10-11)18(23)24)17(22)21-8-4-7-16(21)12-5-2-3-6-13(12)19/h2-3,5-6,9-10,16H,4,7-8H2,1H3,(H,23,24). The number of hydrogen-bond donors (Lipinski definition) is 1. The van der Waals surface area contributed by atoms with E-state index < -0.39 is 17.9 Å². The van der Waals surface area contributed by atoms with Crippen molar-refractivity contribution in [2.24, 2.45) is 0 Å². The number of carboxylic acids is 1. The molecule has 3 rings (SSSR count). The number of amides is 1. The topological polar surface area (TPSA) is 79.7 Å². The third kappa shape index (κ3) is 3.31. The van der Waals surface area contributed by atoms with Gasteiger partial charge in [0, 0.05) is 24.2 Å². The second kappa shape index (κ2) is 6.88. The number of methoxy groups -OCH3 is 1. The second-order valence-electron chi connectivity index (χ2n) is 5.76. The maximum Gasteiger partial charge on any atom is 0.354 e. The molecule has 6 nitrogen and oxygen atoms in total. The number of carbonyl (C=O) groups excluding carboxylic acids is 1.